The molecule has 2 N–H and O–H groups in total. The Balaban J connectivity index is 1.79. The molecule has 19 heavy (non-hydrogen) atoms. The second kappa shape index (κ2) is 4.66. The van der Waals surface area contributed by atoms with Gasteiger partial charge in [-0.1, -0.05) is 24.3 Å². The van der Waals surface area contributed by atoms with Crippen LogP contribution in [0.25, 0.3) is 0 Å². The molecule has 1 saturated heterocycles. The van der Waals surface area contributed by atoms with Crippen molar-refractivity contribution in [3.05, 3.63) is 35.4 Å². The number of aliphatic carboxylic acids is 1. The second-order valence-electron chi connectivity index (χ2n) is 5.05. The highest BCUT2D eigenvalue weighted by Gasteiger charge is 2.39. The lowest BCUT2D eigenvalue weighted by molar-refractivity contribution is -0.152. The van der Waals surface area contributed by atoms with Gasteiger partial charge in [0.05, 0.1) is 5.92 Å². The van der Waals surface area contributed by atoms with Gasteiger partial charge in [-0.15, -0.1) is 0 Å². The van der Waals surface area contributed by atoms with E-state index in [2.05, 4.69) is 5.32 Å². The molecular weight excluding hydrogens is 244 g/mol. The average Bonchev–Trinajstić information content (AvgIpc) is 2.40. The van der Waals surface area contributed by atoms with Gasteiger partial charge in [0.15, 0.2) is 0 Å². The highest BCUT2D eigenvalue weighted by molar-refractivity contribution is 5.90. The maximum Gasteiger partial charge on any atom is 0.327 e. The smallest absolute Gasteiger partial charge is 0.327 e. The van der Waals surface area contributed by atoms with Gasteiger partial charge < -0.3 is 15.3 Å². The number of hydrogen-bond donors (Lipinski definition) is 2. The van der Waals surface area contributed by atoms with Crippen molar-refractivity contribution in [1.29, 1.82) is 0 Å². The normalized spacial score (nSPS) is 25.4. The van der Waals surface area contributed by atoms with E-state index in [1.54, 1.807) is 0 Å². The van der Waals surface area contributed by atoms with Gasteiger partial charge in [0.2, 0.25) is 5.91 Å². The fourth-order valence-corrected chi connectivity index (χ4v) is 2.87. The van der Waals surface area contributed by atoms with E-state index in [0.29, 0.717) is 19.6 Å². The molecule has 1 amide bonds. The van der Waals surface area contributed by atoms with E-state index in [-0.39, 0.29) is 11.8 Å². The fourth-order valence-electron chi connectivity index (χ4n) is 2.87. The molecule has 0 bridgehead atoms. The maximum absolute atomic E-state index is 12.5. The van der Waals surface area contributed by atoms with Gasteiger partial charge in [0.25, 0.3) is 0 Å². The number of carboxylic acid groups (broad SMARTS) is 1. The minimum Gasteiger partial charge on any atom is -0.480 e. The molecule has 3 rings (SSSR count). The van der Waals surface area contributed by atoms with Gasteiger partial charge in [-0.05, 0) is 17.5 Å². The van der Waals surface area contributed by atoms with Crippen LogP contribution in [0, 0.1) is 0 Å². The lowest BCUT2D eigenvalue weighted by Gasteiger charge is -2.39. The Morgan fingerprint density at radius 3 is 2.84 bits per heavy atom. The molecule has 2 unspecified atom stereocenters. The Morgan fingerprint density at radius 1 is 1.32 bits per heavy atom. The molecule has 5 nitrogen and oxygen atoms in total. The number of amides is 1. The van der Waals surface area contributed by atoms with E-state index >= 15 is 0 Å². The summed E-state index contributed by atoms with van der Waals surface area (Å²) in [5.41, 5.74) is 2.25. The molecule has 0 saturated carbocycles. The number of carbonyl (C=O) groups is 2. The summed E-state index contributed by atoms with van der Waals surface area (Å²) in [4.78, 5) is 25.2. The van der Waals surface area contributed by atoms with Gasteiger partial charge in [-0.2, -0.15) is 0 Å². The molecule has 2 atom stereocenters. The standard InChI is InChI=1S/C14H16N2O3/c17-13(11-7-9-3-1-2-4-10(9)11)16-6-5-15-8-12(16)14(18)19/h1-4,11-12,15H,5-8H2,(H,18,19). The van der Waals surface area contributed by atoms with E-state index < -0.39 is 12.0 Å². The van der Waals surface area contributed by atoms with Crippen molar-refractivity contribution in [2.75, 3.05) is 19.6 Å². The van der Waals surface area contributed by atoms with Gasteiger partial charge in [-0.25, -0.2) is 4.79 Å². The first-order chi connectivity index (χ1) is 9.18. The first-order valence-corrected chi connectivity index (χ1v) is 6.50. The predicted molar refractivity (Wildman–Crippen MR) is 68.9 cm³/mol. The fraction of sp³-hybridized carbons (Fsp3) is 0.429. The van der Waals surface area contributed by atoms with Crippen LogP contribution in [0.4, 0.5) is 0 Å². The largest absolute Gasteiger partial charge is 0.480 e. The number of rotatable bonds is 2. The molecule has 1 fully saturated rings. The lowest BCUT2D eigenvalue weighted by Crippen LogP contribution is -2.58. The van der Waals surface area contributed by atoms with Crippen molar-refractivity contribution in [3.8, 4) is 0 Å². The average molecular weight is 260 g/mol. The summed E-state index contributed by atoms with van der Waals surface area (Å²) in [7, 11) is 0. The number of nitrogens with zero attached hydrogens (tertiary/aromatic N) is 1. The SMILES string of the molecule is O=C(O)C1CNCCN1C(=O)C1Cc2ccccc21. The number of fused-ring (bicyclic) bond motifs is 1. The molecule has 1 aliphatic carbocycles. The number of hydrogen-bond acceptors (Lipinski definition) is 3. The van der Waals surface area contributed by atoms with Crippen LogP contribution in [0.1, 0.15) is 17.0 Å². The summed E-state index contributed by atoms with van der Waals surface area (Å²) < 4.78 is 0. The van der Waals surface area contributed by atoms with Crippen LogP contribution >= 0.6 is 0 Å². The van der Waals surface area contributed by atoms with Crippen molar-refractivity contribution < 1.29 is 14.7 Å². The first kappa shape index (κ1) is 12.2. The molecule has 0 spiro atoms. The minimum absolute atomic E-state index is 0.0485. The first-order valence-electron chi connectivity index (χ1n) is 6.50. The molecule has 1 aliphatic heterocycles. The number of carboxylic acids is 1. The number of piperazine rings is 1. The number of benzene rings is 1. The predicted octanol–water partition coefficient (Wildman–Crippen LogP) is 0.211. The van der Waals surface area contributed by atoms with E-state index in [9.17, 15) is 14.7 Å². The molecular formula is C14H16N2O3. The Bertz CT molecular complexity index is 529. The topological polar surface area (TPSA) is 69.6 Å². The van der Waals surface area contributed by atoms with Crippen LogP contribution in [0.5, 0.6) is 0 Å². The van der Waals surface area contributed by atoms with Gasteiger partial charge in [-0.3, -0.25) is 4.79 Å². The number of carbonyl (C=O) groups excluding carboxylic acids is 1. The summed E-state index contributed by atoms with van der Waals surface area (Å²) >= 11 is 0. The second-order valence-corrected chi connectivity index (χ2v) is 5.05. The van der Waals surface area contributed by atoms with Gasteiger partial charge in [0, 0.05) is 19.6 Å². The van der Waals surface area contributed by atoms with Gasteiger partial charge in [0.1, 0.15) is 6.04 Å². The Labute approximate surface area is 111 Å². The van der Waals surface area contributed by atoms with Crippen LogP contribution in [0.2, 0.25) is 0 Å². The maximum atomic E-state index is 12.5. The van der Waals surface area contributed by atoms with E-state index in [1.807, 2.05) is 24.3 Å². The lowest BCUT2D eigenvalue weighted by atomic mass is 9.76. The van der Waals surface area contributed by atoms with Crippen LogP contribution in [0.3, 0.4) is 0 Å². The van der Waals surface area contributed by atoms with Crippen LogP contribution in [-0.2, 0) is 16.0 Å². The van der Waals surface area contributed by atoms with Crippen molar-refractivity contribution >= 4 is 11.9 Å². The zero-order valence-electron chi connectivity index (χ0n) is 10.5. The van der Waals surface area contributed by atoms with Crippen LogP contribution in [0.15, 0.2) is 24.3 Å². The summed E-state index contributed by atoms with van der Waals surface area (Å²) in [5, 5.41) is 12.2. The van der Waals surface area contributed by atoms with Crippen LogP contribution in [-0.4, -0.2) is 47.6 Å². The highest BCUT2D eigenvalue weighted by Crippen LogP contribution is 2.36. The molecule has 100 valence electrons. The third kappa shape index (κ3) is 2.00. The summed E-state index contributed by atoms with van der Waals surface area (Å²) in [6.45, 7) is 1.45. The number of nitrogens with one attached hydrogen (secondary N) is 1. The Kier molecular flexibility index (Phi) is 2.98. The third-order valence-corrected chi connectivity index (χ3v) is 3.96. The zero-order valence-corrected chi connectivity index (χ0v) is 10.5. The quantitative estimate of drug-likeness (QED) is 0.797. The highest BCUT2D eigenvalue weighted by atomic mass is 16.4. The van der Waals surface area contributed by atoms with Crippen molar-refractivity contribution in [2.24, 2.45) is 0 Å². The molecule has 0 aromatic heterocycles. The molecule has 5 heteroatoms. The van der Waals surface area contributed by atoms with Crippen molar-refractivity contribution in [1.82, 2.24) is 10.2 Å². The van der Waals surface area contributed by atoms with E-state index in [4.69, 9.17) is 0 Å². The molecule has 1 heterocycles. The third-order valence-electron chi connectivity index (χ3n) is 3.96. The summed E-state index contributed by atoms with van der Waals surface area (Å²) in [6.07, 6.45) is 0.727. The Morgan fingerprint density at radius 2 is 2.11 bits per heavy atom. The molecule has 1 aromatic rings. The summed E-state index contributed by atoms with van der Waals surface area (Å²) in [6, 6.07) is 7.12. The summed E-state index contributed by atoms with van der Waals surface area (Å²) in [5.74, 6) is -1.14. The Hall–Kier alpha value is -1.88. The van der Waals surface area contributed by atoms with Gasteiger partial charge >= 0.3 is 5.97 Å². The van der Waals surface area contributed by atoms with E-state index in [0.717, 1.165) is 12.0 Å². The zero-order chi connectivity index (χ0) is 13.4. The minimum atomic E-state index is -0.937. The molecule has 0 radical (unpaired) electrons. The van der Waals surface area contributed by atoms with Crippen LogP contribution < -0.4 is 5.32 Å². The van der Waals surface area contributed by atoms with E-state index in [1.165, 1.54) is 10.5 Å². The van der Waals surface area contributed by atoms with Crippen molar-refractivity contribution in [3.63, 3.8) is 0 Å². The molecule has 1 aromatic carbocycles. The molecule has 2 aliphatic rings. The monoisotopic (exact) mass is 260 g/mol. The van der Waals surface area contributed by atoms with Crippen molar-refractivity contribution in [2.45, 2.75) is 18.4 Å².